The van der Waals surface area contributed by atoms with Gasteiger partial charge in [-0.3, -0.25) is 14.5 Å². The van der Waals surface area contributed by atoms with Gasteiger partial charge in [0.1, 0.15) is 5.82 Å². The standard InChI is InChI=1S/C16H23FN2O2/c1-4-19(12-16(21)18(2)3)11-5-6-15(20)13-7-9-14(17)10-8-13/h7-10H,4-6,11-12H2,1-3H3. The van der Waals surface area contributed by atoms with Crippen LogP contribution in [0.25, 0.3) is 0 Å². The fraction of sp³-hybridized carbons (Fsp3) is 0.500. The first kappa shape index (κ1) is 17.3. The Balaban J connectivity index is 2.38. The van der Waals surface area contributed by atoms with Gasteiger partial charge in [-0.1, -0.05) is 6.92 Å². The molecule has 5 heteroatoms. The molecule has 1 rings (SSSR count). The number of halogens is 1. The van der Waals surface area contributed by atoms with E-state index < -0.39 is 0 Å². The fourth-order valence-electron chi connectivity index (χ4n) is 1.93. The van der Waals surface area contributed by atoms with Crippen LogP contribution in [-0.2, 0) is 4.79 Å². The monoisotopic (exact) mass is 294 g/mol. The molecule has 0 unspecified atom stereocenters. The maximum Gasteiger partial charge on any atom is 0.236 e. The van der Waals surface area contributed by atoms with E-state index in [9.17, 15) is 14.0 Å². The number of Topliss-reactive ketones (excluding diaryl/α,β-unsaturated/α-hetero) is 1. The molecule has 1 aromatic rings. The molecule has 0 radical (unpaired) electrons. The quantitative estimate of drug-likeness (QED) is 0.690. The van der Waals surface area contributed by atoms with E-state index in [1.807, 2.05) is 11.8 Å². The number of carbonyl (C=O) groups excluding carboxylic acids is 2. The third-order valence-corrected chi connectivity index (χ3v) is 3.35. The van der Waals surface area contributed by atoms with Gasteiger partial charge in [0, 0.05) is 26.1 Å². The summed E-state index contributed by atoms with van der Waals surface area (Å²) in [7, 11) is 3.46. The summed E-state index contributed by atoms with van der Waals surface area (Å²) < 4.78 is 12.8. The molecular weight excluding hydrogens is 271 g/mol. The molecule has 0 saturated carbocycles. The number of ketones is 1. The maximum atomic E-state index is 12.8. The molecule has 0 bridgehead atoms. The third kappa shape index (κ3) is 6.04. The first-order chi connectivity index (χ1) is 9.93. The van der Waals surface area contributed by atoms with Crippen molar-refractivity contribution in [3.63, 3.8) is 0 Å². The first-order valence-corrected chi connectivity index (χ1v) is 7.15. The van der Waals surface area contributed by atoms with Crippen molar-refractivity contribution in [2.24, 2.45) is 0 Å². The summed E-state index contributed by atoms with van der Waals surface area (Å²) in [6, 6.07) is 5.60. The average molecular weight is 294 g/mol. The molecule has 21 heavy (non-hydrogen) atoms. The smallest absolute Gasteiger partial charge is 0.236 e. The number of hydrogen-bond acceptors (Lipinski definition) is 3. The van der Waals surface area contributed by atoms with Crippen LogP contribution in [0.1, 0.15) is 30.1 Å². The maximum absolute atomic E-state index is 12.8. The first-order valence-electron chi connectivity index (χ1n) is 7.15. The van der Waals surface area contributed by atoms with Crippen LogP contribution in [0.2, 0.25) is 0 Å². The molecule has 0 aliphatic carbocycles. The van der Waals surface area contributed by atoms with Crippen LogP contribution < -0.4 is 0 Å². The summed E-state index contributed by atoms with van der Waals surface area (Å²) in [6.07, 6.45) is 1.09. The van der Waals surface area contributed by atoms with Gasteiger partial charge in [-0.2, -0.15) is 0 Å². The molecule has 0 N–H and O–H groups in total. The van der Waals surface area contributed by atoms with E-state index in [0.717, 1.165) is 6.54 Å². The van der Waals surface area contributed by atoms with Crippen molar-refractivity contribution in [3.05, 3.63) is 35.6 Å². The van der Waals surface area contributed by atoms with Crippen LogP contribution in [0.3, 0.4) is 0 Å². The van der Waals surface area contributed by atoms with E-state index in [2.05, 4.69) is 0 Å². The minimum absolute atomic E-state index is 0.00462. The van der Waals surface area contributed by atoms with Crippen molar-refractivity contribution in [1.29, 1.82) is 0 Å². The molecule has 1 aromatic carbocycles. The minimum atomic E-state index is -0.342. The Morgan fingerprint density at radius 3 is 2.29 bits per heavy atom. The lowest BCUT2D eigenvalue weighted by atomic mass is 10.1. The second kappa shape index (κ2) is 8.52. The number of nitrogens with zero attached hydrogens (tertiary/aromatic N) is 2. The lowest BCUT2D eigenvalue weighted by molar-refractivity contribution is -0.129. The van der Waals surface area contributed by atoms with Crippen LogP contribution in [0.5, 0.6) is 0 Å². The van der Waals surface area contributed by atoms with Gasteiger partial charge in [0.25, 0.3) is 0 Å². The second-order valence-electron chi connectivity index (χ2n) is 5.19. The highest BCUT2D eigenvalue weighted by Crippen LogP contribution is 2.08. The van der Waals surface area contributed by atoms with Gasteiger partial charge in [-0.15, -0.1) is 0 Å². The number of amides is 1. The van der Waals surface area contributed by atoms with Crippen molar-refractivity contribution in [2.45, 2.75) is 19.8 Å². The Kier molecular flexibility index (Phi) is 7.02. The predicted octanol–water partition coefficient (Wildman–Crippen LogP) is 2.20. The molecule has 116 valence electrons. The van der Waals surface area contributed by atoms with E-state index >= 15 is 0 Å². The lowest BCUT2D eigenvalue weighted by Gasteiger charge is -2.21. The normalized spacial score (nSPS) is 10.7. The number of rotatable bonds is 8. The topological polar surface area (TPSA) is 40.6 Å². The van der Waals surface area contributed by atoms with Crippen LogP contribution in [0, 0.1) is 5.82 Å². The third-order valence-electron chi connectivity index (χ3n) is 3.35. The van der Waals surface area contributed by atoms with Crippen LogP contribution in [0.4, 0.5) is 4.39 Å². The summed E-state index contributed by atoms with van der Waals surface area (Å²) in [5.74, 6) is -0.280. The van der Waals surface area contributed by atoms with Crippen molar-refractivity contribution >= 4 is 11.7 Å². The molecule has 0 aliphatic heterocycles. The zero-order valence-electron chi connectivity index (χ0n) is 12.9. The van der Waals surface area contributed by atoms with E-state index in [1.54, 1.807) is 19.0 Å². The summed E-state index contributed by atoms with van der Waals surface area (Å²) >= 11 is 0. The highest BCUT2D eigenvalue weighted by atomic mass is 19.1. The van der Waals surface area contributed by atoms with E-state index in [-0.39, 0.29) is 17.5 Å². The van der Waals surface area contributed by atoms with Crippen LogP contribution in [-0.4, -0.2) is 55.2 Å². The molecular formula is C16H23FN2O2. The molecule has 0 aromatic heterocycles. The molecule has 4 nitrogen and oxygen atoms in total. The largest absolute Gasteiger partial charge is 0.348 e. The average Bonchev–Trinajstić information content (AvgIpc) is 2.46. The Hall–Kier alpha value is -1.75. The van der Waals surface area contributed by atoms with Gasteiger partial charge in [-0.25, -0.2) is 4.39 Å². The van der Waals surface area contributed by atoms with Gasteiger partial charge in [-0.05, 0) is 43.8 Å². The van der Waals surface area contributed by atoms with E-state index in [4.69, 9.17) is 0 Å². The molecule has 0 atom stereocenters. The number of benzene rings is 1. The molecule has 0 saturated heterocycles. The van der Waals surface area contributed by atoms with Crippen molar-refractivity contribution < 1.29 is 14.0 Å². The molecule has 0 aliphatic rings. The van der Waals surface area contributed by atoms with E-state index in [1.165, 1.54) is 24.3 Å². The molecule has 1 amide bonds. The van der Waals surface area contributed by atoms with Gasteiger partial charge < -0.3 is 4.90 Å². The Morgan fingerprint density at radius 1 is 1.14 bits per heavy atom. The second-order valence-corrected chi connectivity index (χ2v) is 5.19. The number of carbonyl (C=O) groups is 2. The summed E-state index contributed by atoms with van der Waals surface area (Å²) in [4.78, 5) is 27.2. The molecule has 0 fully saturated rings. The highest BCUT2D eigenvalue weighted by molar-refractivity contribution is 5.95. The van der Waals surface area contributed by atoms with Crippen molar-refractivity contribution in [2.75, 3.05) is 33.7 Å². The Bertz CT molecular complexity index is 472. The lowest BCUT2D eigenvalue weighted by Crippen LogP contribution is -2.37. The van der Waals surface area contributed by atoms with Crippen molar-refractivity contribution in [3.8, 4) is 0 Å². The summed E-state index contributed by atoms with van der Waals surface area (Å²) in [6.45, 7) is 3.83. The van der Waals surface area contributed by atoms with Gasteiger partial charge in [0.2, 0.25) is 5.91 Å². The predicted molar refractivity (Wildman–Crippen MR) is 80.8 cm³/mol. The van der Waals surface area contributed by atoms with E-state index in [0.29, 0.717) is 31.5 Å². The number of hydrogen-bond donors (Lipinski definition) is 0. The summed E-state index contributed by atoms with van der Waals surface area (Å²) in [5.41, 5.74) is 0.531. The Labute approximate surface area is 125 Å². The van der Waals surface area contributed by atoms with Crippen LogP contribution in [0.15, 0.2) is 24.3 Å². The molecule has 0 heterocycles. The number of likely N-dealkylation sites (N-methyl/N-ethyl adjacent to an activating group) is 2. The molecule has 0 spiro atoms. The van der Waals surface area contributed by atoms with Gasteiger partial charge in [0.05, 0.1) is 6.54 Å². The van der Waals surface area contributed by atoms with Crippen molar-refractivity contribution in [1.82, 2.24) is 9.80 Å². The van der Waals surface area contributed by atoms with Crippen LogP contribution >= 0.6 is 0 Å². The van der Waals surface area contributed by atoms with Gasteiger partial charge >= 0.3 is 0 Å². The summed E-state index contributed by atoms with van der Waals surface area (Å²) in [5, 5.41) is 0. The highest BCUT2D eigenvalue weighted by Gasteiger charge is 2.12. The SMILES string of the molecule is CCN(CCCC(=O)c1ccc(F)cc1)CC(=O)N(C)C. The van der Waals surface area contributed by atoms with Gasteiger partial charge in [0.15, 0.2) is 5.78 Å². The minimum Gasteiger partial charge on any atom is -0.348 e. The zero-order chi connectivity index (χ0) is 15.8. The zero-order valence-corrected chi connectivity index (χ0v) is 12.9. The Morgan fingerprint density at radius 2 is 1.76 bits per heavy atom. The fourth-order valence-corrected chi connectivity index (χ4v) is 1.93.